The van der Waals surface area contributed by atoms with Crippen LogP contribution in [0.5, 0.6) is 11.5 Å². The van der Waals surface area contributed by atoms with E-state index in [1.807, 2.05) is 61.5 Å². The molecule has 0 bridgehead atoms. The number of carbonyl (C=O) groups excluding carboxylic acids is 1. The molecule has 0 N–H and O–H groups in total. The Morgan fingerprint density at radius 1 is 0.889 bits per heavy atom. The summed E-state index contributed by atoms with van der Waals surface area (Å²) in [7, 11) is -0.678. The summed E-state index contributed by atoms with van der Waals surface area (Å²) >= 11 is 0. The van der Waals surface area contributed by atoms with Crippen LogP contribution in [0.3, 0.4) is 0 Å². The number of aryl methyl sites for hydroxylation is 1. The first-order chi connectivity index (χ1) is 17.3. The highest BCUT2D eigenvalue weighted by atomic mass is 32.2. The van der Waals surface area contributed by atoms with E-state index >= 15 is 0 Å². The summed E-state index contributed by atoms with van der Waals surface area (Å²) in [6, 6.07) is 21.0. The molecule has 0 aliphatic carbocycles. The van der Waals surface area contributed by atoms with Gasteiger partial charge in [0.2, 0.25) is 10.0 Å². The summed E-state index contributed by atoms with van der Waals surface area (Å²) in [5, 5.41) is 0. The Bertz CT molecular complexity index is 1370. The molecule has 7 heteroatoms. The maximum Gasteiger partial charge on any atom is 0.243 e. The van der Waals surface area contributed by atoms with Crippen LogP contribution in [-0.4, -0.2) is 39.3 Å². The highest BCUT2D eigenvalue weighted by molar-refractivity contribution is 7.89. The van der Waals surface area contributed by atoms with Gasteiger partial charge in [0.05, 0.1) is 25.2 Å². The zero-order valence-corrected chi connectivity index (χ0v) is 21.4. The highest BCUT2D eigenvalue weighted by Crippen LogP contribution is 2.36. The molecule has 3 aromatic carbocycles. The van der Waals surface area contributed by atoms with E-state index in [4.69, 9.17) is 9.47 Å². The van der Waals surface area contributed by atoms with Crippen molar-refractivity contribution in [3.05, 3.63) is 107 Å². The van der Waals surface area contributed by atoms with Crippen LogP contribution in [-0.2, 0) is 14.8 Å². The number of nitrogens with zero attached hydrogens (tertiary/aromatic N) is 1. The molecular formula is C29H29NO5S. The van der Waals surface area contributed by atoms with Crippen LogP contribution >= 0.6 is 0 Å². The fourth-order valence-electron chi connectivity index (χ4n) is 4.11. The number of hydrogen-bond donors (Lipinski definition) is 0. The second kappa shape index (κ2) is 10.9. The van der Waals surface area contributed by atoms with Crippen LogP contribution in [0.2, 0.25) is 0 Å². The standard InChI is InChI=1S/C29H29NO5S/c1-21-4-16-27(17-5-21)36(32,33)30-20-24(11-18-28(30)23-9-14-26(35-3)15-10-23)29(31)19-8-22-6-12-25(34-2)13-7-22/h4-17,19,28H,18,20H2,1-3H3/b19-8+. The van der Waals surface area contributed by atoms with Crippen molar-refractivity contribution in [2.75, 3.05) is 20.8 Å². The average molecular weight is 504 g/mol. The normalized spacial score (nSPS) is 16.5. The monoisotopic (exact) mass is 503 g/mol. The molecule has 1 unspecified atom stereocenters. The number of sulfonamides is 1. The maximum atomic E-state index is 13.7. The molecule has 0 amide bonds. The summed E-state index contributed by atoms with van der Waals surface area (Å²) in [6.45, 7) is 1.89. The number of allylic oxidation sites excluding steroid dienone is 1. The van der Waals surface area contributed by atoms with E-state index in [-0.39, 0.29) is 17.2 Å². The Kier molecular flexibility index (Phi) is 7.72. The molecule has 3 aromatic rings. The van der Waals surface area contributed by atoms with Crippen LogP contribution in [0.25, 0.3) is 6.08 Å². The van der Waals surface area contributed by atoms with E-state index < -0.39 is 16.1 Å². The number of carbonyl (C=O) groups is 1. The Balaban J connectivity index is 1.64. The molecule has 0 spiro atoms. The summed E-state index contributed by atoms with van der Waals surface area (Å²) in [5.74, 6) is 1.20. The van der Waals surface area contributed by atoms with Crippen LogP contribution in [0.15, 0.2) is 95.4 Å². The Morgan fingerprint density at radius 3 is 2.06 bits per heavy atom. The molecule has 1 aliphatic heterocycles. The third-order valence-corrected chi connectivity index (χ3v) is 8.12. The first-order valence-corrected chi connectivity index (χ1v) is 13.0. The van der Waals surface area contributed by atoms with Gasteiger partial charge in [-0.3, -0.25) is 4.79 Å². The van der Waals surface area contributed by atoms with Crippen LogP contribution in [0.4, 0.5) is 0 Å². The number of ether oxygens (including phenoxy) is 2. The van der Waals surface area contributed by atoms with Gasteiger partial charge in [0.15, 0.2) is 5.78 Å². The molecule has 0 saturated heterocycles. The minimum absolute atomic E-state index is 0.0152. The van der Waals surface area contributed by atoms with Gasteiger partial charge in [-0.2, -0.15) is 4.31 Å². The molecule has 0 saturated carbocycles. The molecular weight excluding hydrogens is 474 g/mol. The third-order valence-electron chi connectivity index (χ3n) is 6.25. The van der Waals surface area contributed by atoms with Crippen molar-refractivity contribution in [3.63, 3.8) is 0 Å². The summed E-state index contributed by atoms with van der Waals surface area (Å²) in [5.41, 5.74) is 3.10. The van der Waals surface area contributed by atoms with Gasteiger partial charge in [0.1, 0.15) is 11.5 Å². The number of benzene rings is 3. The van der Waals surface area contributed by atoms with Gasteiger partial charge in [-0.25, -0.2) is 8.42 Å². The molecule has 1 atom stereocenters. The van der Waals surface area contributed by atoms with Gasteiger partial charge in [-0.15, -0.1) is 0 Å². The Morgan fingerprint density at radius 2 is 1.47 bits per heavy atom. The second-order valence-electron chi connectivity index (χ2n) is 8.59. The molecule has 0 aromatic heterocycles. The van der Waals surface area contributed by atoms with E-state index in [9.17, 15) is 13.2 Å². The van der Waals surface area contributed by atoms with Gasteiger partial charge in [-0.05, 0) is 66.9 Å². The maximum absolute atomic E-state index is 13.7. The van der Waals surface area contributed by atoms with Crippen LogP contribution < -0.4 is 9.47 Å². The fourth-order valence-corrected chi connectivity index (χ4v) is 5.72. The smallest absolute Gasteiger partial charge is 0.243 e. The lowest BCUT2D eigenvalue weighted by atomic mass is 9.96. The highest BCUT2D eigenvalue weighted by Gasteiger charge is 2.36. The zero-order valence-electron chi connectivity index (χ0n) is 20.5. The van der Waals surface area contributed by atoms with Gasteiger partial charge in [0.25, 0.3) is 0 Å². The number of methoxy groups -OCH3 is 2. The van der Waals surface area contributed by atoms with Crippen molar-refractivity contribution < 1.29 is 22.7 Å². The predicted molar refractivity (Wildman–Crippen MR) is 141 cm³/mol. The summed E-state index contributed by atoms with van der Waals surface area (Å²) < 4.78 is 39.3. The van der Waals surface area contributed by atoms with E-state index in [0.29, 0.717) is 17.7 Å². The van der Waals surface area contributed by atoms with Crippen molar-refractivity contribution in [1.82, 2.24) is 4.31 Å². The SMILES string of the molecule is COc1ccc(/C=C/C(=O)C2=CCC(c3ccc(OC)cc3)N(S(=O)(=O)c3ccc(C)cc3)C2)cc1. The topological polar surface area (TPSA) is 72.9 Å². The zero-order chi connectivity index (χ0) is 25.7. The average Bonchev–Trinajstić information content (AvgIpc) is 2.92. The third kappa shape index (κ3) is 5.58. The molecule has 0 fully saturated rings. The lowest BCUT2D eigenvalue weighted by molar-refractivity contribution is -0.111. The summed E-state index contributed by atoms with van der Waals surface area (Å²) in [4.78, 5) is 13.3. The van der Waals surface area contributed by atoms with Crippen molar-refractivity contribution in [1.29, 1.82) is 0 Å². The first-order valence-electron chi connectivity index (χ1n) is 11.6. The molecule has 0 radical (unpaired) electrons. The molecule has 4 rings (SSSR count). The number of ketones is 1. The molecule has 186 valence electrons. The largest absolute Gasteiger partial charge is 0.497 e. The molecule has 1 aliphatic rings. The van der Waals surface area contributed by atoms with Crippen LogP contribution in [0.1, 0.15) is 29.2 Å². The van der Waals surface area contributed by atoms with E-state index in [1.165, 1.54) is 10.4 Å². The summed E-state index contributed by atoms with van der Waals surface area (Å²) in [6.07, 6.45) is 5.43. The Hall–Kier alpha value is -3.68. The van der Waals surface area contributed by atoms with E-state index in [0.717, 1.165) is 22.4 Å². The number of hydrogen-bond acceptors (Lipinski definition) is 5. The van der Waals surface area contributed by atoms with Gasteiger partial charge in [0, 0.05) is 12.1 Å². The van der Waals surface area contributed by atoms with Gasteiger partial charge < -0.3 is 9.47 Å². The van der Waals surface area contributed by atoms with E-state index in [1.54, 1.807) is 44.6 Å². The van der Waals surface area contributed by atoms with Crippen molar-refractivity contribution in [3.8, 4) is 11.5 Å². The van der Waals surface area contributed by atoms with Crippen molar-refractivity contribution in [2.45, 2.75) is 24.3 Å². The van der Waals surface area contributed by atoms with Gasteiger partial charge in [-0.1, -0.05) is 54.1 Å². The molecule has 1 heterocycles. The van der Waals surface area contributed by atoms with Crippen molar-refractivity contribution in [2.24, 2.45) is 0 Å². The minimum Gasteiger partial charge on any atom is -0.497 e. The first kappa shape index (κ1) is 25.4. The molecule has 36 heavy (non-hydrogen) atoms. The number of rotatable bonds is 8. The Labute approximate surface area is 212 Å². The van der Waals surface area contributed by atoms with Crippen molar-refractivity contribution >= 4 is 21.9 Å². The van der Waals surface area contributed by atoms with E-state index in [2.05, 4.69) is 0 Å². The molecule has 6 nitrogen and oxygen atoms in total. The minimum atomic E-state index is -3.86. The fraction of sp³-hybridized carbons (Fsp3) is 0.207. The predicted octanol–water partition coefficient (Wildman–Crippen LogP) is 5.36. The lowest BCUT2D eigenvalue weighted by Crippen LogP contribution is -2.39. The quantitative estimate of drug-likeness (QED) is 0.387. The van der Waals surface area contributed by atoms with Crippen LogP contribution in [0, 0.1) is 6.92 Å². The second-order valence-corrected chi connectivity index (χ2v) is 10.5. The van der Waals surface area contributed by atoms with Gasteiger partial charge >= 0.3 is 0 Å². The lowest BCUT2D eigenvalue weighted by Gasteiger charge is -2.34.